The van der Waals surface area contributed by atoms with Crippen LogP contribution in [0.25, 0.3) is 11.2 Å². The number of nitrogens with one attached hydrogen (secondary N) is 2. The zero-order valence-corrected chi connectivity index (χ0v) is 13.0. The van der Waals surface area contributed by atoms with Gasteiger partial charge in [-0.25, -0.2) is 4.98 Å². The number of aromatic nitrogens is 3. The van der Waals surface area contributed by atoms with Crippen LogP contribution in [0.1, 0.15) is 11.4 Å². The van der Waals surface area contributed by atoms with E-state index in [1.165, 1.54) is 25.3 Å². The summed E-state index contributed by atoms with van der Waals surface area (Å²) < 4.78 is 81.6. The number of methoxy groups -OCH3 is 1. The predicted molar refractivity (Wildman–Crippen MR) is 80.2 cm³/mol. The SMILES string of the molecule is COc1nc2nc(C(F)(F)F)[nH]c2cc1Nc1cccc(C(F)(F)F)c1. The largest absolute Gasteiger partial charge is 0.479 e. The van der Waals surface area contributed by atoms with Crippen LogP contribution in [0.2, 0.25) is 0 Å². The molecule has 138 valence electrons. The number of hydrogen-bond donors (Lipinski definition) is 2. The number of pyridine rings is 1. The van der Waals surface area contributed by atoms with Gasteiger partial charge in [-0.3, -0.25) is 0 Å². The maximum Gasteiger partial charge on any atom is 0.449 e. The zero-order chi connectivity index (χ0) is 19.1. The third-order valence-electron chi connectivity index (χ3n) is 3.37. The lowest BCUT2D eigenvalue weighted by Gasteiger charge is -2.12. The molecule has 11 heteroatoms. The molecule has 0 atom stereocenters. The Kier molecular flexibility index (Phi) is 4.17. The third kappa shape index (κ3) is 3.51. The summed E-state index contributed by atoms with van der Waals surface area (Å²) in [5.74, 6) is -1.35. The monoisotopic (exact) mass is 376 g/mol. The first kappa shape index (κ1) is 17.8. The van der Waals surface area contributed by atoms with Gasteiger partial charge in [-0.2, -0.15) is 31.3 Å². The Balaban J connectivity index is 2.02. The van der Waals surface area contributed by atoms with Gasteiger partial charge in [0.15, 0.2) is 5.65 Å². The summed E-state index contributed by atoms with van der Waals surface area (Å²) >= 11 is 0. The van der Waals surface area contributed by atoms with E-state index in [0.29, 0.717) is 0 Å². The molecule has 26 heavy (non-hydrogen) atoms. The van der Waals surface area contributed by atoms with Crippen LogP contribution in [0.3, 0.4) is 0 Å². The van der Waals surface area contributed by atoms with Crippen molar-refractivity contribution in [2.45, 2.75) is 12.4 Å². The predicted octanol–water partition coefficient (Wildman–Crippen LogP) is 4.75. The first-order valence-corrected chi connectivity index (χ1v) is 7.04. The number of ether oxygens (including phenoxy) is 1. The lowest BCUT2D eigenvalue weighted by Crippen LogP contribution is -2.06. The van der Waals surface area contributed by atoms with Crippen LogP contribution in [0, 0.1) is 0 Å². The Morgan fingerprint density at radius 3 is 2.35 bits per heavy atom. The molecule has 5 nitrogen and oxygen atoms in total. The van der Waals surface area contributed by atoms with E-state index >= 15 is 0 Å². The smallest absolute Gasteiger partial charge is 0.449 e. The van der Waals surface area contributed by atoms with E-state index in [4.69, 9.17) is 4.74 Å². The third-order valence-corrected chi connectivity index (χ3v) is 3.37. The molecule has 0 aliphatic heterocycles. The number of fused-ring (bicyclic) bond motifs is 1. The molecule has 0 radical (unpaired) electrons. The number of nitrogens with zero attached hydrogens (tertiary/aromatic N) is 2. The highest BCUT2D eigenvalue weighted by atomic mass is 19.4. The Morgan fingerprint density at radius 2 is 1.73 bits per heavy atom. The summed E-state index contributed by atoms with van der Waals surface area (Å²) in [6.45, 7) is 0. The van der Waals surface area contributed by atoms with Crippen molar-refractivity contribution in [3.05, 3.63) is 41.7 Å². The average molecular weight is 376 g/mol. The van der Waals surface area contributed by atoms with Crippen LogP contribution < -0.4 is 10.1 Å². The fraction of sp³-hybridized carbons (Fsp3) is 0.200. The van der Waals surface area contributed by atoms with Gasteiger partial charge in [0, 0.05) is 5.69 Å². The number of hydrogen-bond acceptors (Lipinski definition) is 4. The van der Waals surface area contributed by atoms with Crippen LogP contribution in [-0.2, 0) is 12.4 Å². The van der Waals surface area contributed by atoms with E-state index in [2.05, 4.69) is 20.3 Å². The molecular weight excluding hydrogens is 366 g/mol. The van der Waals surface area contributed by atoms with Crippen molar-refractivity contribution < 1.29 is 31.1 Å². The number of benzene rings is 1. The molecule has 1 aromatic carbocycles. The standard InChI is InChI=1S/C15H10F6N4O/c1-26-12-10(22-8-4-2-3-7(5-8)14(16,17)18)6-9-11(24-12)25-13(23-9)15(19,20)21/h2-6,22H,1H3,(H,23,24,25). The molecule has 0 amide bonds. The Morgan fingerprint density at radius 1 is 1.00 bits per heavy atom. The molecule has 0 aliphatic carbocycles. The molecular formula is C15H10F6N4O. The van der Waals surface area contributed by atoms with Crippen LogP contribution in [0.4, 0.5) is 37.7 Å². The topological polar surface area (TPSA) is 62.8 Å². The minimum Gasteiger partial charge on any atom is -0.479 e. The number of rotatable bonds is 3. The first-order chi connectivity index (χ1) is 12.1. The van der Waals surface area contributed by atoms with Gasteiger partial charge in [0.05, 0.1) is 18.2 Å². The van der Waals surface area contributed by atoms with Crippen LogP contribution in [-0.4, -0.2) is 22.1 Å². The summed E-state index contributed by atoms with van der Waals surface area (Å²) in [7, 11) is 1.23. The van der Waals surface area contributed by atoms with E-state index < -0.39 is 23.7 Å². The van der Waals surface area contributed by atoms with E-state index in [9.17, 15) is 26.3 Å². The summed E-state index contributed by atoms with van der Waals surface area (Å²) in [5.41, 5.74) is -1.01. The fourth-order valence-electron chi connectivity index (χ4n) is 2.23. The number of imidazole rings is 1. The van der Waals surface area contributed by atoms with E-state index in [1.807, 2.05) is 0 Å². The summed E-state index contributed by atoms with van der Waals surface area (Å²) in [6.07, 6.45) is -9.22. The average Bonchev–Trinajstić information content (AvgIpc) is 2.96. The molecule has 2 N–H and O–H groups in total. The lowest BCUT2D eigenvalue weighted by atomic mass is 10.2. The highest BCUT2D eigenvalue weighted by Gasteiger charge is 2.35. The molecule has 0 unspecified atom stereocenters. The number of aromatic amines is 1. The molecule has 3 rings (SSSR count). The van der Waals surface area contributed by atoms with Gasteiger partial charge in [0.2, 0.25) is 11.7 Å². The van der Waals surface area contributed by atoms with E-state index in [0.717, 1.165) is 12.1 Å². The van der Waals surface area contributed by atoms with Crippen LogP contribution in [0.5, 0.6) is 5.88 Å². The fourth-order valence-corrected chi connectivity index (χ4v) is 2.23. The molecule has 2 heterocycles. The molecule has 0 saturated heterocycles. The number of H-pyrrole nitrogens is 1. The van der Waals surface area contributed by atoms with Crippen molar-refractivity contribution in [2.24, 2.45) is 0 Å². The maximum atomic E-state index is 12.8. The zero-order valence-electron chi connectivity index (χ0n) is 13.0. The van der Waals surface area contributed by atoms with Gasteiger partial charge < -0.3 is 15.0 Å². The van der Waals surface area contributed by atoms with E-state index in [-0.39, 0.29) is 28.4 Å². The van der Waals surface area contributed by atoms with E-state index in [1.54, 1.807) is 0 Å². The van der Waals surface area contributed by atoms with Crippen molar-refractivity contribution in [3.8, 4) is 5.88 Å². The normalized spacial score (nSPS) is 12.4. The highest BCUT2D eigenvalue weighted by Crippen LogP contribution is 2.34. The van der Waals surface area contributed by atoms with Crippen molar-refractivity contribution in [1.29, 1.82) is 0 Å². The van der Waals surface area contributed by atoms with Crippen LogP contribution in [0.15, 0.2) is 30.3 Å². The van der Waals surface area contributed by atoms with Gasteiger partial charge in [0.25, 0.3) is 0 Å². The molecule has 3 aromatic rings. The maximum absolute atomic E-state index is 12.8. The first-order valence-electron chi connectivity index (χ1n) is 7.04. The van der Waals surface area contributed by atoms with Crippen molar-refractivity contribution in [2.75, 3.05) is 12.4 Å². The quantitative estimate of drug-likeness (QED) is 0.648. The molecule has 0 spiro atoms. The Bertz CT molecular complexity index is 947. The number of anilines is 2. The Labute approximate surface area is 142 Å². The number of alkyl halides is 6. The minimum absolute atomic E-state index is 0.0485. The highest BCUT2D eigenvalue weighted by molar-refractivity contribution is 5.80. The summed E-state index contributed by atoms with van der Waals surface area (Å²) in [6, 6.07) is 5.55. The van der Waals surface area contributed by atoms with Crippen molar-refractivity contribution >= 4 is 22.5 Å². The van der Waals surface area contributed by atoms with Crippen LogP contribution >= 0.6 is 0 Å². The Hall–Kier alpha value is -2.98. The number of halogens is 6. The molecule has 0 saturated carbocycles. The van der Waals surface area contributed by atoms with Crippen molar-refractivity contribution in [1.82, 2.24) is 15.0 Å². The molecule has 0 fully saturated rings. The van der Waals surface area contributed by atoms with Gasteiger partial charge in [-0.05, 0) is 24.3 Å². The summed E-state index contributed by atoms with van der Waals surface area (Å²) in [4.78, 5) is 9.26. The second-order valence-electron chi connectivity index (χ2n) is 5.20. The van der Waals surface area contributed by atoms with Crippen molar-refractivity contribution in [3.63, 3.8) is 0 Å². The lowest BCUT2D eigenvalue weighted by molar-refractivity contribution is -0.144. The van der Waals surface area contributed by atoms with Gasteiger partial charge in [-0.1, -0.05) is 6.07 Å². The van der Waals surface area contributed by atoms with Gasteiger partial charge in [-0.15, -0.1) is 0 Å². The minimum atomic E-state index is -4.69. The second kappa shape index (κ2) is 6.07. The van der Waals surface area contributed by atoms with Gasteiger partial charge in [0.1, 0.15) is 5.69 Å². The second-order valence-corrected chi connectivity index (χ2v) is 5.20. The molecule has 0 aliphatic rings. The molecule has 2 aromatic heterocycles. The van der Waals surface area contributed by atoms with Gasteiger partial charge >= 0.3 is 12.4 Å². The summed E-state index contributed by atoms with van der Waals surface area (Å²) in [5, 5.41) is 2.66. The molecule has 0 bridgehead atoms.